The maximum atomic E-state index is 8.97. The molecule has 1 rings (SSSR count). The average molecular weight is 204 g/mol. The number of aromatic hydroxyl groups is 1. The van der Waals surface area contributed by atoms with Gasteiger partial charge in [0.1, 0.15) is 5.75 Å². The second-order valence-corrected chi connectivity index (χ2v) is 2.81. The quantitative estimate of drug-likeness (QED) is 0.677. The van der Waals surface area contributed by atoms with Crippen molar-refractivity contribution in [1.82, 2.24) is 0 Å². The van der Waals surface area contributed by atoms with Gasteiger partial charge in [0, 0.05) is 6.04 Å². The Bertz CT molecular complexity index is 238. The zero-order valence-corrected chi connectivity index (χ0v) is 8.00. The third kappa shape index (κ3) is 4.12. The lowest BCUT2D eigenvalue weighted by atomic mass is 10.1. The van der Waals surface area contributed by atoms with E-state index in [4.69, 9.17) is 15.9 Å². The van der Waals surface area contributed by atoms with Crippen molar-refractivity contribution in [2.45, 2.75) is 12.5 Å². The summed E-state index contributed by atoms with van der Waals surface area (Å²) in [7, 11) is 0. The largest absolute Gasteiger partial charge is 0.508 e. The Morgan fingerprint density at radius 3 is 2.23 bits per heavy atom. The van der Waals surface area contributed by atoms with Crippen molar-refractivity contribution >= 4 is 12.4 Å². The summed E-state index contributed by atoms with van der Waals surface area (Å²) in [5.41, 5.74) is 6.55. The van der Waals surface area contributed by atoms with E-state index in [1.54, 1.807) is 24.3 Å². The van der Waals surface area contributed by atoms with Crippen LogP contribution in [0.3, 0.4) is 0 Å². The SMILES string of the molecule is Cl.N[C@@H](CO)Cc1ccc(O)cc1. The lowest BCUT2D eigenvalue weighted by Gasteiger charge is -2.07. The molecule has 0 fully saturated rings. The van der Waals surface area contributed by atoms with Gasteiger partial charge >= 0.3 is 0 Å². The summed E-state index contributed by atoms with van der Waals surface area (Å²) in [6.45, 7) is -0.0130. The minimum absolute atomic E-state index is 0. The van der Waals surface area contributed by atoms with Crippen molar-refractivity contribution in [1.29, 1.82) is 0 Å². The predicted molar refractivity (Wildman–Crippen MR) is 54.1 cm³/mol. The summed E-state index contributed by atoms with van der Waals surface area (Å²) in [6, 6.07) is 6.60. The zero-order chi connectivity index (χ0) is 8.97. The van der Waals surface area contributed by atoms with Crippen LogP contribution >= 0.6 is 12.4 Å². The fourth-order valence-electron chi connectivity index (χ4n) is 0.999. The van der Waals surface area contributed by atoms with Crippen LogP contribution in [0.1, 0.15) is 5.56 Å². The van der Waals surface area contributed by atoms with Gasteiger partial charge in [-0.15, -0.1) is 12.4 Å². The van der Waals surface area contributed by atoms with Crippen LogP contribution in [0.2, 0.25) is 0 Å². The van der Waals surface area contributed by atoms with Crippen LogP contribution < -0.4 is 5.73 Å². The van der Waals surface area contributed by atoms with Crippen molar-refractivity contribution in [2.75, 3.05) is 6.61 Å². The second kappa shape index (κ2) is 5.80. The number of halogens is 1. The van der Waals surface area contributed by atoms with Crippen LogP contribution in [0.4, 0.5) is 0 Å². The van der Waals surface area contributed by atoms with Gasteiger partial charge in [-0.05, 0) is 24.1 Å². The number of phenols is 1. The first-order valence-corrected chi connectivity index (χ1v) is 3.86. The molecule has 0 aliphatic carbocycles. The molecular formula is C9H14ClNO2. The molecule has 1 aromatic carbocycles. The minimum atomic E-state index is -0.213. The van der Waals surface area contributed by atoms with Gasteiger partial charge in [-0.1, -0.05) is 12.1 Å². The van der Waals surface area contributed by atoms with E-state index in [-0.39, 0.29) is 30.8 Å². The molecule has 13 heavy (non-hydrogen) atoms. The Hall–Kier alpha value is -0.770. The van der Waals surface area contributed by atoms with Gasteiger partial charge in [-0.25, -0.2) is 0 Å². The van der Waals surface area contributed by atoms with Gasteiger partial charge in [0.05, 0.1) is 6.61 Å². The van der Waals surface area contributed by atoms with Crippen LogP contribution in [0, 0.1) is 0 Å². The highest BCUT2D eigenvalue weighted by Gasteiger charge is 2.01. The molecule has 3 nitrogen and oxygen atoms in total. The Kier molecular flexibility index (Phi) is 5.46. The number of nitrogens with two attached hydrogens (primary N) is 1. The minimum Gasteiger partial charge on any atom is -0.508 e. The first-order chi connectivity index (χ1) is 5.72. The van der Waals surface area contributed by atoms with E-state index >= 15 is 0 Å². The number of hydrogen-bond donors (Lipinski definition) is 3. The lowest BCUT2D eigenvalue weighted by molar-refractivity contribution is 0.265. The number of phenolic OH excluding ortho intramolecular Hbond substituents is 1. The standard InChI is InChI=1S/C9H13NO2.ClH/c10-8(6-11)5-7-1-3-9(12)4-2-7;/h1-4,8,11-12H,5-6,10H2;1H/t8-;/m1./s1. The molecule has 4 heteroatoms. The van der Waals surface area contributed by atoms with Crippen molar-refractivity contribution in [3.8, 4) is 5.75 Å². The van der Waals surface area contributed by atoms with Crippen LogP contribution in [0.15, 0.2) is 24.3 Å². The van der Waals surface area contributed by atoms with Crippen molar-refractivity contribution in [3.63, 3.8) is 0 Å². The van der Waals surface area contributed by atoms with Crippen molar-refractivity contribution in [3.05, 3.63) is 29.8 Å². The topological polar surface area (TPSA) is 66.5 Å². The van der Waals surface area contributed by atoms with Crippen LogP contribution in [0.5, 0.6) is 5.75 Å². The summed E-state index contributed by atoms with van der Waals surface area (Å²) in [6.07, 6.45) is 0.636. The molecule has 0 saturated heterocycles. The molecule has 0 spiro atoms. The summed E-state index contributed by atoms with van der Waals surface area (Å²) >= 11 is 0. The Morgan fingerprint density at radius 2 is 1.77 bits per heavy atom. The second-order valence-electron chi connectivity index (χ2n) is 2.81. The van der Waals surface area contributed by atoms with Gasteiger partial charge in [0.15, 0.2) is 0 Å². The number of aliphatic hydroxyl groups excluding tert-OH is 1. The van der Waals surface area contributed by atoms with Gasteiger partial charge in [0.2, 0.25) is 0 Å². The maximum absolute atomic E-state index is 8.97. The van der Waals surface area contributed by atoms with Crippen LogP contribution in [-0.4, -0.2) is 22.9 Å². The van der Waals surface area contributed by atoms with E-state index < -0.39 is 0 Å². The number of aliphatic hydroxyl groups is 1. The number of benzene rings is 1. The molecule has 0 radical (unpaired) electrons. The monoisotopic (exact) mass is 203 g/mol. The summed E-state index contributed by atoms with van der Waals surface area (Å²) < 4.78 is 0. The van der Waals surface area contributed by atoms with Crippen LogP contribution in [-0.2, 0) is 6.42 Å². The highest BCUT2D eigenvalue weighted by atomic mass is 35.5. The molecule has 74 valence electrons. The van der Waals surface area contributed by atoms with E-state index in [0.29, 0.717) is 6.42 Å². The number of rotatable bonds is 3. The fraction of sp³-hybridized carbons (Fsp3) is 0.333. The lowest BCUT2D eigenvalue weighted by Crippen LogP contribution is -2.26. The molecule has 0 unspecified atom stereocenters. The van der Waals surface area contributed by atoms with E-state index in [0.717, 1.165) is 5.56 Å². The first-order valence-electron chi connectivity index (χ1n) is 3.86. The highest BCUT2D eigenvalue weighted by molar-refractivity contribution is 5.85. The van der Waals surface area contributed by atoms with Crippen molar-refractivity contribution < 1.29 is 10.2 Å². The summed E-state index contributed by atoms with van der Waals surface area (Å²) in [5, 5.41) is 17.6. The average Bonchev–Trinajstić information content (AvgIpc) is 2.09. The van der Waals surface area contributed by atoms with Crippen molar-refractivity contribution in [2.24, 2.45) is 5.73 Å². The molecule has 0 bridgehead atoms. The molecule has 0 aliphatic heterocycles. The molecule has 0 amide bonds. The van der Waals surface area contributed by atoms with Gasteiger partial charge in [-0.2, -0.15) is 0 Å². The molecule has 0 aliphatic rings. The van der Waals surface area contributed by atoms with E-state index in [2.05, 4.69) is 0 Å². The normalized spacial score (nSPS) is 11.8. The molecule has 4 N–H and O–H groups in total. The zero-order valence-electron chi connectivity index (χ0n) is 7.18. The molecule has 1 atom stereocenters. The summed E-state index contributed by atoms with van der Waals surface area (Å²) in [4.78, 5) is 0. The fourth-order valence-corrected chi connectivity index (χ4v) is 0.999. The van der Waals surface area contributed by atoms with Gasteiger partial charge < -0.3 is 15.9 Å². The highest BCUT2D eigenvalue weighted by Crippen LogP contribution is 2.10. The molecule has 1 aromatic rings. The maximum Gasteiger partial charge on any atom is 0.115 e. The Balaban J connectivity index is 0.00000144. The van der Waals surface area contributed by atoms with Gasteiger partial charge in [-0.3, -0.25) is 0 Å². The predicted octanol–water partition coefficient (Wildman–Crippen LogP) is 0.676. The third-order valence-electron chi connectivity index (χ3n) is 1.67. The van der Waals surface area contributed by atoms with Gasteiger partial charge in [0.25, 0.3) is 0 Å². The molecule has 0 aromatic heterocycles. The number of hydrogen-bond acceptors (Lipinski definition) is 3. The third-order valence-corrected chi connectivity index (χ3v) is 1.67. The van der Waals surface area contributed by atoms with E-state index in [1.807, 2.05) is 0 Å². The van der Waals surface area contributed by atoms with Crippen LogP contribution in [0.25, 0.3) is 0 Å². The Labute approximate surface area is 83.6 Å². The molecule has 0 saturated carbocycles. The molecular weight excluding hydrogens is 190 g/mol. The van der Waals surface area contributed by atoms with E-state index in [9.17, 15) is 0 Å². The Morgan fingerprint density at radius 1 is 1.23 bits per heavy atom. The summed E-state index contributed by atoms with van der Waals surface area (Å²) in [5.74, 6) is 0.247. The smallest absolute Gasteiger partial charge is 0.115 e. The first kappa shape index (κ1) is 12.2. The van der Waals surface area contributed by atoms with E-state index in [1.165, 1.54) is 0 Å². The molecule has 0 heterocycles.